The van der Waals surface area contributed by atoms with Gasteiger partial charge in [-0.15, -0.1) is 0 Å². The van der Waals surface area contributed by atoms with Crippen LogP contribution in [0.2, 0.25) is 0 Å². The van der Waals surface area contributed by atoms with Gasteiger partial charge < -0.3 is 14.1 Å². The van der Waals surface area contributed by atoms with Gasteiger partial charge in [-0.2, -0.15) is 9.89 Å². The molecule has 8 heteroatoms. The standard InChI is InChI=1S/C25H26N4O4/c1-29(13-12-26-31)23-17(11-14-30)15-22-20(23)3-2-4-21(22)24-27-25(33-28-24)16-5-7-18(8-6-16)32-19-9-10-19/h2-8,14,17,19,23H,9-13,15H2,1H3. The van der Waals surface area contributed by atoms with E-state index in [2.05, 4.69) is 26.3 Å². The van der Waals surface area contributed by atoms with Crippen LogP contribution in [0.4, 0.5) is 0 Å². The van der Waals surface area contributed by atoms with Gasteiger partial charge in [-0.25, -0.2) is 0 Å². The molecule has 0 N–H and O–H groups in total. The van der Waals surface area contributed by atoms with Crippen LogP contribution in [0.1, 0.15) is 36.4 Å². The smallest absolute Gasteiger partial charge is 0.258 e. The van der Waals surface area contributed by atoms with Crippen LogP contribution in [-0.4, -0.2) is 47.6 Å². The van der Waals surface area contributed by atoms with Crippen molar-refractivity contribution in [2.24, 2.45) is 11.1 Å². The molecule has 2 aliphatic rings. The highest BCUT2D eigenvalue weighted by Crippen LogP contribution is 2.44. The largest absolute Gasteiger partial charge is 0.490 e. The molecular weight excluding hydrogens is 420 g/mol. The van der Waals surface area contributed by atoms with Crippen molar-refractivity contribution in [1.29, 1.82) is 0 Å². The number of nitrogens with zero attached hydrogens (tertiary/aromatic N) is 4. The summed E-state index contributed by atoms with van der Waals surface area (Å²) >= 11 is 0. The Balaban J connectivity index is 1.42. The Morgan fingerprint density at radius 2 is 2.03 bits per heavy atom. The molecule has 2 unspecified atom stereocenters. The third kappa shape index (κ3) is 4.43. The number of likely N-dealkylation sites (N-methyl/N-ethyl adjacent to an activating group) is 1. The van der Waals surface area contributed by atoms with Gasteiger partial charge in [-0.3, -0.25) is 4.90 Å². The van der Waals surface area contributed by atoms with Crippen LogP contribution in [0.3, 0.4) is 0 Å². The number of aromatic nitrogens is 2. The van der Waals surface area contributed by atoms with Crippen molar-refractivity contribution >= 4 is 6.29 Å². The maximum Gasteiger partial charge on any atom is 0.258 e. The molecule has 2 aliphatic carbocycles. The van der Waals surface area contributed by atoms with Crippen LogP contribution in [0.5, 0.6) is 5.75 Å². The van der Waals surface area contributed by atoms with Crippen molar-refractivity contribution in [3.05, 3.63) is 58.5 Å². The molecule has 8 nitrogen and oxygen atoms in total. The summed E-state index contributed by atoms with van der Waals surface area (Å²) in [6.07, 6.45) is 4.75. The Morgan fingerprint density at radius 3 is 2.76 bits per heavy atom. The zero-order valence-electron chi connectivity index (χ0n) is 18.5. The number of aldehydes is 1. The summed E-state index contributed by atoms with van der Waals surface area (Å²) in [5.41, 5.74) is 4.01. The van der Waals surface area contributed by atoms with Crippen LogP contribution < -0.4 is 4.74 Å². The molecular formula is C25H26N4O4. The van der Waals surface area contributed by atoms with Crippen molar-refractivity contribution < 1.29 is 14.1 Å². The van der Waals surface area contributed by atoms with E-state index >= 15 is 0 Å². The number of hydrogen-bond acceptors (Lipinski definition) is 8. The second-order valence-electron chi connectivity index (χ2n) is 8.78. The van der Waals surface area contributed by atoms with Gasteiger partial charge in [0, 0.05) is 30.1 Å². The third-order valence-electron chi connectivity index (χ3n) is 6.46. The molecule has 1 heterocycles. The lowest BCUT2D eigenvalue weighted by molar-refractivity contribution is -0.109. The lowest BCUT2D eigenvalue weighted by Crippen LogP contribution is -2.30. The average Bonchev–Trinajstić information content (AvgIpc) is 3.37. The summed E-state index contributed by atoms with van der Waals surface area (Å²) in [7, 11) is 1.97. The number of ether oxygens (including phenoxy) is 1. The van der Waals surface area contributed by atoms with Crippen LogP contribution in [0.25, 0.3) is 22.8 Å². The Kier molecular flexibility index (Phi) is 6.00. The molecule has 5 rings (SSSR count). The highest BCUT2D eigenvalue weighted by atomic mass is 16.5. The van der Waals surface area contributed by atoms with Crippen molar-refractivity contribution in [2.45, 2.75) is 37.8 Å². The second kappa shape index (κ2) is 9.23. The van der Waals surface area contributed by atoms with Crippen LogP contribution in [0, 0.1) is 10.8 Å². The van der Waals surface area contributed by atoms with Crippen LogP contribution in [0.15, 0.2) is 52.2 Å². The van der Waals surface area contributed by atoms with Gasteiger partial charge in [-0.1, -0.05) is 28.5 Å². The molecule has 170 valence electrons. The number of hydrogen-bond donors (Lipinski definition) is 0. The highest BCUT2D eigenvalue weighted by Gasteiger charge is 2.36. The van der Waals surface area contributed by atoms with E-state index in [1.54, 1.807) is 0 Å². The molecule has 0 saturated heterocycles. The first kappa shape index (κ1) is 21.5. The highest BCUT2D eigenvalue weighted by molar-refractivity contribution is 5.67. The molecule has 33 heavy (non-hydrogen) atoms. The van der Waals surface area contributed by atoms with Gasteiger partial charge in [-0.05, 0) is 67.6 Å². The Labute approximate surface area is 191 Å². The minimum atomic E-state index is 0.0392. The minimum absolute atomic E-state index is 0.0392. The van der Waals surface area contributed by atoms with Crippen molar-refractivity contribution in [2.75, 3.05) is 20.1 Å². The first-order valence-corrected chi connectivity index (χ1v) is 11.3. The summed E-state index contributed by atoms with van der Waals surface area (Å²) < 4.78 is 11.4. The van der Waals surface area contributed by atoms with Gasteiger partial charge in [0.05, 0.1) is 12.6 Å². The molecule has 2 atom stereocenters. The SMILES string of the molecule is CN(CCN=O)C1c2cccc(-c3noc(-c4ccc(OC5CC5)cc4)n3)c2CC1CC=O. The number of carbonyl (C=O) groups excluding carboxylic acids is 1. The van der Waals surface area contributed by atoms with Gasteiger partial charge in [0.25, 0.3) is 5.89 Å². The van der Waals surface area contributed by atoms with Crippen molar-refractivity contribution in [1.82, 2.24) is 15.0 Å². The third-order valence-corrected chi connectivity index (χ3v) is 6.46. The molecule has 3 aromatic rings. The summed E-state index contributed by atoms with van der Waals surface area (Å²) in [4.78, 5) is 28.8. The average molecular weight is 447 g/mol. The Morgan fingerprint density at radius 1 is 1.21 bits per heavy atom. The number of carbonyl (C=O) groups is 1. The molecule has 1 saturated carbocycles. The molecule has 0 amide bonds. The first-order chi connectivity index (χ1) is 16.2. The summed E-state index contributed by atoms with van der Waals surface area (Å²) in [5.74, 6) is 1.96. The van der Waals surface area contributed by atoms with E-state index in [1.165, 1.54) is 0 Å². The molecule has 0 bridgehead atoms. The lowest BCUT2D eigenvalue weighted by Gasteiger charge is -2.29. The fraction of sp³-hybridized carbons (Fsp3) is 0.400. The lowest BCUT2D eigenvalue weighted by atomic mass is 9.96. The van der Waals surface area contributed by atoms with Crippen molar-refractivity contribution in [3.8, 4) is 28.6 Å². The van der Waals surface area contributed by atoms with Gasteiger partial charge in [0.1, 0.15) is 12.0 Å². The Hall–Kier alpha value is -3.39. The van der Waals surface area contributed by atoms with Crippen molar-refractivity contribution in [3.63, 3.8) is 0 Å². The van der Waals surface area contributed by atoms with E-state index in [-0.39, 0.29) is 18.5 Å². The zero-order valence-corrected chi connectivity index (χ0v) is 18.5. The fourth-order valence-corrected chi connectivity index (χ4v) is 4.72. The second-order valence-corrected chi connectivity index (χ2v) is 8.78. The predicted molar refractivity (Wildman–Crippen MR) is 123 cm³/mol. The number of benzene rings is 2. The monoisotopic (exact) mass is 446 g/mol. The molecule has 0 spiro atoms. The number of nitroso groups, excluding NO2 is 1. The molecule has 1 aromatic heterocycles. The number of rotatable bonds is 10. The zero-order chi connectivity index (χ0) is 22.8. The quantitative estimate of drug-likeness (QED) is 0.335. The van der Waals surface area contributed by atoms with E-state index < -0.39 is 0 Å². The maximum atomic E-state index is 11.4. The normalized spacial score (nSPS) is 19.5. The minimum Gasteiger partial charge on any atom is -0.490 e. The van der Waals surface area contributed by atoms with E-state index in [1.807, 2.05) is 43.4 Å². The Bertz CT molecular complexity index is 1140. The van der Waals surface area contributed by atoms with Crippen LogP contribution >= 0.6 is 0 Å². The van der Waals surface area contributed by atoms with E-state index in [0.717, 1.165) is 53.6 Å². The van der Waals surface area contributed by atoms with Gasteiger partial charge in [0.2, 0.25) is 5.82 Å². The van der Waals surface area contributed by atoms with E-state index in [4.69, 9.17) is 9.26 Å². The summed E-state index contributed by atoms with van der Waals surface area (Å²) in [6, 6.07) is 13.8. The van der Waals surface area contributed by atoms with E-state index in [9.17, 15) is 9.70 Å². The first-order valence-electron chi connectivity index (χ1n) is 11.3. The van der Waals surface area contributed by atoms with Gasteiger partial charge >= 0.3 is 0 Å². The fourth-order valence-electron chi connectivity index (χ4n) is 4.72. The maximum absolute atomic E-state index is 11.4. The molecule has 2 aromatic carbocycles. The topological polar surface area (TPSA) is 97.9 Å². The summed E-state index contributed by atoms with van der Waals surface area (Å²) in [5, 5.41) is 7.25. The van der Waals surface area contributed by atoms with Gasteiger partial charge in [0.15, 0.2) is 0 Å². The summed E-state index contributed by atoms with van der Waals surface area (Å²) in [6.45, 7) is 0.758. The molecule has 1 fully saturated rings. The van der Waals surface area contributed by atoms with E-state index in [0.29, 0.717) is 30.8 Å². The van der Waals surface area contributed by atoms with Crippen LogP contribution in [-0.2, 0) is 11.2 Å². The number of fused-ring (bicyclic) bond motifs is 1. The predicted octanol–water partition coefficient (Wildman–Crippen LogP) is 4.45. The molecule has 0 radical (unpaired) electrons. The molecule has 0 aliphatic heterocycles.